The number of hydrogen-bond acceptors (Lipinski definition) is 5. The highest BCUT2D eigenvalue weighted by atomic mass is 32.1. The van der Waals surface area contributed by atoms with Crippen LogP contribution in [0.25, 0.3) is 0 Å². The van der Waals surface area contributed by atoms with Crippen LogP contribution < -0.4 is 20.3 Å². The Balaban J connectivity index is 1.53. The molecule has 0 fully saturated rings. The van der Waals surface area contributed by atoms with Crippen LogP contribution in [0.5, 0.6) is 5.75 Å². The van der Waals surface area contributed by atoms with E-state index in [2.05, 4.69) is 15.6 Å². The zero-order valence-corrected chi connectivity index (χ0v) is 13.3. The summed E-state index contributed by atoms with van der Waals surface area (Å²) in [5, 5.41) is 8.63. The lowest BCUT2D eigenvalue weighted by atomic mass is 10.1. The minimum absolute atomic E-state index is 0.107. The molecule has 0 spiro atoms. The molecule has 2 heterocycles. The van der Waals surface area contributed by atoms with Gasteiger partial charge in [-0.3, -0.25) is 0 Å². The topological polar surface area (TPSA) is 66.5 Å². The van der Waals surface area contributed by atoms with E-state index in [1.54, 1.807) is 11.3 Å². The summed E-state index contributed by atoms with van der Waals surface area (Å²) in [5.41, 5.74) is 1.87. The lowest BCUT2D eigenvalue weighted by Gasteiger charge is -2.12. The molecule has 116 valence electrons. The van der Waals surface area contributed by atoms with Crippen LogP contribution in [-0.4, -0.2) is 31.7 Å². The fraction of sp³-hybridized carbons (Fsp3) is 0.333. The maximum atomic E-state index is 12.0. The van der Waals surface area contributed by atoms with Gasteiger partial charge in [0.15, 0.2) is 5.13 Å². The van der Waals surface area contributed by atoms with Gasteiger partial charge in [0.1, 0.15) is 12.4 Å². The number of hydrogen-bond donors (Lipinski definition) is 2. The SMILES string of the molecule is CN(C)c1nc(CNC(=O)N[C@H]2COc3ccccc32)cs1. The maximum absolute atomic E-state index is 12.0. The van der Waals surface area contributed by atoms with E-state index < -0.39 is 0 Å². The number of amides is 2. The van der Waals surface area contributed by atoms with E-state index in [9.17, 15) is 4.79 Å². The molecule has 7 heteroatoms. The van der Waals surface area contributed by atoms with E-state index >= 15 is 0 Å². The Kier molecular flexibility index (Phi) is 4.15. The van der Waals surface area contributed by atoms with Gasteiger partial charge in [-0.1, -0.05) is 18.2 Å². The molecule has 0 radical (unpaired) electrons. The van der Waals surface area contributed by atoms with E-state index in [-0.39, 0.29) is 12.1 Å². The lowest BCUT2D eigenvalue weighted by Crippen LogP contribution is -2.38. The summed E-state index contributed by atoms with van der Waals surface area (Å²) in [6.07, 6.45) is 0. The number of thiazole rings is 1. The van der Waals surface area contributed by atoms with Crippen molar-refractivity contribution in [3.63, 3.8) is 0 Å². The third-order valence-corrected chi connectivity index (χ3v) is 4.41. The van der Waals surface area contributed by atoms with Crippen LogP contribution in [0.15, 0.2) is 29.6 Å². The summed E-state index contributed by atoms with van der Waals surface area (Å²) in [4.78, 5) is 18.4. The van der Waals surface area contributed by atoms with Gasteiger partial charge in [-0.05, 0) is 6.07 Å². The molecule has 2 N–H and O–H groups in total. The van der Waals surface area contributed by atoms with Gasteiger partial charge in [-0.15, -0.1) is 11.3 Å². The third kappa shape index (κ3) is 3.14. The summed E-state index contributed by atoms with van der Waals surface area (Å²) < 4.78 is 5.55. The summed E-state index contributed by atoms with van der Waals surface area (Å²) in [6, 6.07) is 7.42. The molecule has 1 aliphatic heterocycles. The average Bonchev–Trinajstić information content (AvgIpc) is 3.13. The second kappa shape index (κ2) is 6.23. The molecule has 2 aromatic rings. The van der Waals surface area contributed by atoms with Crippen molar-refractivity contribution in [2.45, 2.75) is 12.6 Å². The molecule has 0 bridgehead atoms. The van der Waals surface area contributed by atoms with Crippen LogP contribution in [-0.2, 0) is 6.54 Å². The summed E-state index contributed by atoms with van der Waals surface area (Å²) in [6.45, 7) is 0.875. The van der Waals surface area contributed by atoms with Crippen molar-refractivity contribution < 1.29 is 9.53 Å². The normalized spacial score (nSPS) is 15.8. The van der Waals surface area contributed by atoms with Crippen LogP contribution >= 0.6 is 11.3 Å². The van der Waals surface area contributed by atoms with Crippen molar-refractivity contribution in [1.29, 1.82) is 0 Å². The molecule has 0 saturated heterocycles. The summed E-state index contributed by atoms with van der Waals surface area (Å²) >= 11 is 1.56. The number of carbonyl (C=O) groups excluding carboxylic acids is 1. The van der Waals surface area contributed by atoms with E-state index in [4.69, 9.17) is 4.74 Å². The summed E-state index contributed by atoms with van der Waals surface area (Å²) in [7, 11) is 3.89. The van der Waals surface area contributed by atoms with Crippen molar-refractivity contribution in [2.75, 3.05) is 25.6 Å². The number of fused-ring (bicyclic) bond motifs is 1. The van der Waals surface area contributed by atoms with Crippen LogP contribution in [0.1, 0.15) is 17.3 Å². The molecule has 1 aliphatic rings. The molecular formula is C15H18N4O2S. The predicted molar refractivity (Wildman–Crippen MR) is 86.5 cm³/mol. The van der Waals surface area contributed by atoms with Gasteiger partial charge in [-0.2, -0.15) is 0 Å². The number of nitrogens with zero attached hydrogens (tertiary/aromatic N) is 2. The largest absolute Gasteiger partial charge is 0.491 e. The van der Waals surface area contributed by atoms with Gasteiger partial charge in [0.25, 0.3) is 0 Å². The fourth-order valence-electron chi connectivity index (χ4n) is 2.25. The lowest BCUT2D eigenvalue weighted by molar-refractivity contribution is 0.231. The van der Waals surface area contributed by atoms with Gasteiger partial charge in [0.2, 0.25) is 0 Å². The molecule has 1 aromatic carbocycles. The van der Waals surface area contributed by atoms with Crippen molar-refractivity contribution in [1.82, 2.24) is 15.6 Å². The minimum Gasteiger partial charge on any atom is -0.491 e. The van der Waals surface area contributed by atoms with Crippen LogP contribution in [0.2, 0.25) is 0 Å². The van der Waals surface area contributed by atoms with Gasteiger partial charge < -0.3 is 20.3 Å². The highest BCUT2D eigenvalue weighted by Gasteiger charge is 2.24. The number of carbonyl (C=O) groups is 1. The average molecular weight is 318 g/mol. The molecular weight excluding hydrogens is 300 g/mol. The minimum atomic E-state index is -0.218. The molecule has 1 aromatic heterocycles. The first-order valence-corrected chi connectivity index (χ1v) is 7.89. The van der Waals surface area contributed by atoms with E-state index in [0.717, 1.165) is 22.1 Å². The molecule has 0 saturated carbocycles. The van der Waals surface area contributed by atoms with Crippen LogP contribution in [0, 0.1) is 0 Å². The number of ether oxygens (including phenoxy) is 1. The quantitative estimate of drug-likeness (QED) is 0.906. The van der Waals surface area contributed by atoms with Crippen molar-refractivity contribution >= 4 is 22.5 Å². The number of nitrogens with one attached hydrogen (secondary N) is 2. The number of anilines is 1. The van der Waals surface area contributed by atoms with E-state index in [0.29, 0.717) is 13.2 Å². The van der Waals surface area contributed by atoms with Crippen LogP contribution in [0.4, 0.5) is 9.93 Å². The fourth-order valence-corrected chi connectivity index (χ4v) is 3.00. The van der Waals surface area contributed by atoms with Crippen molar-refractivity contribution in [3.05, 3.63) is 40.9 Å². The number of aromatic nitrogens is 1. The smallest absolute Gasteiger partial charge is 0.315 e. The monoisotopic (exact) mass is 318 g/mol. The van der Waals surface area contributed by atoms with Gasteiger partial charge in [0, 0.05) is 25.0 Å². The van der Waals surface area contributed by atoms with Crippen LogP contribution in [0.3, 0.4) is 0 Å². The van der Waals surface area contributed by atoms with E-state index in [1.807, 2.05) is 48.6 Å². The molecule has 1 atom stereocenters. The van der Waals surface area contributed by atoms with Gasteiger partial charge >= 0.3 is 6.03 Å². The molecule has 0 aliphatic carbocycles. The third-order valence-electron chi connectivity index (χ3n) is 3.36. The molecule has 0 unspecified atom stereocenters. The maximum Gasteiger partial charge on any atom is 0.315 e. The van der Waals surface area contributed by atoms with E-state index in [1.165, 1.54) is 0 Å². The zero-order chi connectivity index (χ0) is 15.5. The zero-order valence-electron chi connectivity index (χ0n) is 12.5. The Hall–Kier alpha value is -2.28. The molecule has 2 amide bonds. The van der Waals surface area contributed by atoms with Gasteiger partial charge in [0.05, 0.1) is 18.3 Å². The summed E-state index contributed by atoms with van der Waals surface area (Å²) in [5.74, 6) is 0.836. The number of urea groups is 1. The second-order valence-electron chi connectivity index (χ2n) is 5.24. The Bertz CT molecular complexity index is 671. The Morgan fingerprint density at radius 1 is 1.45 bits per heavy atom. The molecule has 6 nitrogen and oxygen atoms in total. The number of benzene rings is 1. The van der Waals surface area contributed by atoms with Crippen molar-refractivity contribution in [2.24, 2.45) is 0 Å². The Labute approximate surface area is 133 Å². The highest BCUT2D eigenvalue weighted by Crippen LogP contribution is 2.31. The Morgan fingerprint density at radius 3 is 3.05 bits per heavy atom. The number of rotatable bonds is 4. The predicted octanol–water partition coefficient (Wildman–Crippen LogP) is 2.14. The highest BCUT2D eigenvalue weighted by molar-refractivity contribution is 7.13. The van der Waals surface area contributed by atoms with Gasteiger partial charge in [-0.25, -0.2) is 9.78 Å². The first-order chi connectivity index (χ1) is 10.6. The molecule has 3 rings (SSSR count). The molecule has 22 heavy (non-hydrogen) atoms. The standard InChI is InChI=1S/C15H18N4O2S/c1-19(2)15-17-10(9-22-15)7-16-14(20)18-12-8-21-13-6-4-3-5-11(12)13/h3-6,9,12H,7-8H2,1-2H3,(H2,16,18,20)/t12-/m0/s1. The Morgan fingerprint density at radius 2 is 2.27 bits per heavy atom. The second-order valence-corrected chi connectivity index (χ2v) is 6.08. The van der Waals surface area contributed by atoms with Crippen molar-refractivity contribution in [3.8, 4) is 5.75 Å². The first-order valence-electron chi connectivity index (χ1n) is 7.01. The number of para-hydroxylation sites is 1. The first kappa shape index (κ1) is 14.6.